The summed E-state index contributed by atoms with van der Waals surface area (Å²) in [5, 5.41) is 7.43. The van der Waals surface area contributed by atoms with Gasteiger partial charge in [0, 0.05) is 32.2 Å². The number of halogens is 1. The van der Waals surface area contributed by atoms with Crippen LogP contribution in [0.4, 0.5) is 4.39 Å². The van der Waals surface area contributed by atoms with Gasteiger partial charge < -0.3 is 9.15 Å². The number of aryl methyl sites for hydroxylation is 3. The van der Waals surface area contributed by atoms with Crippen LogP contribution in [0.3, 0.4) is 0 Å². The highest BCUT2D eigenvalue weighted by atomic mass is 19.1. The summed E-state index contributed by atoms with van der Waals surface area (Å²) in [5.74, 6) is -2.35. The third-order valence-corrected chi connectivity index (χ3v) is 6.16. The molecule has 0 atom stereocenters. The van der Waals surface area contributed by atoms with Gasteiger partial charge >= 0.3 is 5.97 Å². The summed E-state index contributed by atoms with van der Waals surface area (Å²) < 4.78 is 25.5. The van der Waals surface area contributed by atoms with Crippen molar-refractivity contribution in [3.63, 3.8) is 0 Å². The quantitative estimate of drug-likeness (QED) is 0.288. The van der Waals surface area contributed by atoms with E-state index in [1.165, 1.54) is 13.1 Å². The lowest BCUT2D eigenvalue weighted by atomic mass is 9.85. The van der Waals surface area contributed by atoms with Gasteiger partial charge in [-0.15, -0.1) is 10.2 Å². The van der Waals surface area contributed by atoms with Gasteiger partial charge in [0.15, 0.2) is 11.5 Å². The van der Waals surface area contributed by atoms with Crippen molar-refractivity contribution in [1.29, 1.82) is 0 Å². The second-order valence-electron chi connectivity index (χ2n) is 11.2. The van der Waals surface area contributed by atoms with Gasteiger partial charge in [0.2, 0.25) is 17.4 Å². The van der Waals surface area contributed by atoms with E-state index >= 15 is 0 Å². The minimum Gasteiger partial charge on any atom is -0.419 e. The van der Waals surface area contributed by atoms with Crippen LogP contribution >= 0.6 is 0 Å². The number of carbonyl (C=O) groups is 3. The highest BCUT2D eigenvalue weighted by Gasteiger charge is 2.35. The lowest BCUT2D eigenvalue weighted by Crippen LogP contribution is -2.37. The highest BCUT2D eigenvalue weighted by Crippen LogP contribution is 2.29. The van der Waals surface area contributed by atoms with Crippen molar-refractivity contribution in [2.45, 2.75) is 73.1 Å². The number of Topliss-reactive ketones (excluding diaryl/α,β-unsaturated/α-hetero) is 2. The maximum absolute atomic E-state index is 13.7. The summed E-state index contributed by atoms with van der Waals surface area (Å²) in [6.45, 7) is 11.4. The Labute approximate surface area is 225 Å². The zero-order chi connectivity index (χ0) is 29.3. The van der Waals surface area contributed by atoms with Crippen molar-refractivity contribution in [2.24, 2.45) is 12.5 Å². The number of hydrogen-bond acceptors (Lipinski definition) is 9. The molecule has 0 aliphatic heterocycles. The summed E-state index contributed by atoms with van der Waals surface area (Å²) in [5.41, 5.74) is -1.89. The van der Waals surface area contributed by atoms with Gasteiger partial charge in [-0.05, 0) is 51.3 Å². The number of esters is 1. The van der Waals surface area contributed by atoms with E-state index in [0.29, 0.717) is 5.56 Å². The molecular formula is C28H33FN4O6. The fourth-order valence-corrected chi connectivity index (χ4v) is 3.92. The molecule has 10 nitrogen and oxygen atoms in total. The monoisotopic (exact) mass is 540 g/mol. The molecule has 0 aliphatic rings. The van der Waals surface area contributed by atoms with Gasteiger partial charge in [0.05, 0.1) is 5.41 Å². The van der Waals surface area contributed by atoms with Crippen LogP contribution in [0.2, 0.25) is 0 Å². The molecule has 0 saturated heterocycles. The molecule has 2 heterocycles. The highest BCUT2D eigenvalue weighted by molar-refractivity contribution is 5.97. The van der Waals surface area contributed by atoms with Gasteiger partial charge in [-0.1, -0.05) is 26.0 Å². The number of hydrogen-bond donors (Lipinski definition) is 0. The van der Waals surface area contributed by atoms with Gasteiger partial charge in [0.1, 0.15) is 11.6 Å². The molecule has 3 aromatic rings. The van der Waals surface area contributed by atoms with Crippen LogP contribution in [-0.4, -0.2) is 37.3 Å². The maximum atomic E-state index is 13.7. The van der Waals surface area contributed by atoms with E-state index in [1.54, 1.807) is 60.6 Å². The zero-order valence-corrected chi connectivity index (χ0v) is 23.5. The SMILES string of the molecule is Cc1nnc(C(=O)CC(C)(C)c2nc(C(=O)CCc3ccc(F)c(C)c3)c(OC(=O)C(C)(C)C)c(=O)n2C)o1. The third-order valence-electron chi connectivity index (χ3n) is 6.16. The average molecular weight is 541 g/mol. The van der Waals surface area contributed by atoms with Crippen molar-refractivity contribution in [3.05, 3.63) is 68.8 Å². The Morgan fingerprint density at radius 2 is 1.72 bits per heavy atom. The van der Waals surface area contributed by atoms with Crippen LogP contribution in [-0.2, 0) is 23.7 Å². The third kappa shape index (κ3) is 6.71. The number of nitrogens with zero attached hydrogens (tertiary/aromatic N) is 4. The Hall–Kier alpha value is -4.02. The van der Waals surface area contributed by atoms with Crippen LogP contribution in [0.15, 0.2) is 27.4 Å². The van der Waals surface area contributed by atoms with E-state index < -0.39 is 39.7 Å². The Morgan fingerprint density at radius 3 is 2.28 bits per heavy atom. The average Bonchev–Trinajstić information content (AvgIpc) is 3.28. The second kappa shape index (κ2) is 11.0. The molecule has 0 bridgehead atoms. The lowest BCUT2D eigenvalue weighted by Gasteiger charge is -2.26. The van der Waals surface area contributed by atoms with Crippen LogP contribution in [0, 0.1) is 25.1 Å². The molecule has 3 rings (SSSR count). The van der Waals surface area contributed by atoms with Crippen molar-refractivity contribution >= 4 is 17.5 Å². The summed E-state index contributed by atoms with van der Waals surface area (Å²) >= 11 is 0. The number of rotatable bonds is 9. The predicted molar refractivity (Wildman–Crippen MR) is 139 cm³/mol. The normalized spacial score (nSPS) is 11.9. The molecule has 39 heavy (non-hydrogen) atoms. The molecule has 11 heteroatoms. The Bertz CT molecular complexity index is 1500. The zero-order valence-electron chi connectivity index (χ0n) is 23.5. The first-order valence-electron chi connectivity index (χ1n) is 12.5. The van der Waals surface area contributed by atoms with E-state index in [9.17, 15) is 23.6 Å². The van der Waals surface area contributed by atoms with Gasteiger partial charge in [-0.2, -0.15) is 0 Å². The molecule has 1 aromatic carbocycles. The summed E-state index contributed by atoms with van der Waals surface area (Å²) in [6.07, 6.45) is 0.0150. The number of aromatic nitrogens is 4. The minimum atomic E-state index is -1.05. The minimum absolute atomic E-state index is 0.0780. The molecular weight excluding hydrogens is 507 g/mol. The van der Waals surface area contributed by atoms with Gasteiger partial charge in [-0.3, -0.25) is 23.7 Å². The van der Waals surface area contributed by atoms with Crippen molar-refractivity contribution in [3.8, 4) is 5.75 Å². The lowest BCUT2D eigenvalue weighted by molar-refractivity contribution is -0.143. The fraction of sp³-hybridized carbons (Fsp3) is 0.464. The Kier molecular flexibility index (Phi) is 8.33. The van der Waals surface area contributed by atoms with Crippen molar-refractivity contribution in [2.75, 3.05) is 0 Å². The molecule has 0 fully saturated rings. The number of ketones is 2. The van der Waals surface area contributed by atoms with Crippen molar-refractivity contribution in [1.82, 2.24) is 19.7 Å². The van der Waals surface area contributed by atoms with Crippen LogP contribution in [0.1, 0.15) is 91.5 Å². The topological polar surface area (TPSA) is 134 Å². The molecule has 2 aromatic heterocycles. The van der Waals surface area contributed by atoms with E-state index in [1.807, 2.05) is 0 Å². The smallest absolute Gasteiger partial charge is 0.316 e. The summed E-state index contributed by atoms with van der Waals surface area (Å²) in [4.78, 5) is 56.9. The van der Waals surface area contributed by atoms with E-state index in [0.717, 1.165) is 10.1 Å². The summed E-state index contributed by atoms with van der Waals surface area (Å²) in [7, 11) is 1.43. The molecule has 0 unspecified atom stereocenters. The van der Waals surface area contributed by atoms with Crippen molar-refractivity contribution < 1.29 is 27.9 Å². The van der Waals surface area contributed by atoms with Crippen LogP contribution < -0.4 is 10.3 Å². The first-order valence-corrected chi connectivity index (χ1v) is 12.5. The Morgan fingerprint density at radius 1 is 1.05 bits per heavy atom. The number of benzene rings is 1. The molecule has 0 N–H and O–H groups in total. The molecule has 208 valence electrons. The number of carbonyl (C=O) groups excluding carboxylic acids is 3. The largest absolute Gasteiger partial charge is 0.419 e. The van der Waals surface area contributed by atoms with Crippen LogP contribution in [0.5, 0.6) is 5.75 Å². The first kappa shape index (κ1) is 29.5. The van der Waals surface area contributed by atoms with Crippen LogP contribution in [0.25, 0.3) is 0 Å². The molecule has 0 spiro atoms. The van der Waals surface area contributed by atoms with E-state index in [4.69, 9.17) is 9.15 Å². The van der Waals surface area contributed by atoms with E-state index in [-0.39, 0.29) is 48.4 Å². The number of ether oxygens (including phenoxy) is 1. The fourth-order valence-electron chi connectivity index (χ4n) is 3.92. The molecule has 0 amide bonds. The molecule has 0 aliphatic carbocycles. The Balaban J connectivity index is 2.04. The second-order valence-corrected chi connectivity index (χ2v) is 11.2. The van der Waals surface area contributed by atoms with E-state index in [2.05, 4.69) is 15.2 Å². The summed E-state index contributed by atoms with van der Waals surface area (Å²) in [6, 6.07) is 4.54. The maximum Gasteiger partial charge on any atom is 0.316 e. The molecule has 0 radical (unpaired) electrons. The first-order chi connectivity index (χ1) is 18.0. The molecule has 0 saturated carbocycles. The van der Waals surface area contributed by atoms with Gasteiger partial charge in [-0.25, -0.2) is 9.37 Å². The standard InChI is InChI=1S/C28H33FN4O6/c1-15-13-17(9-11-18(15)29)10-12-19(34)21-22(39-26(37)27(3,4)5)24(36)33(8)25(30-21)28(6,7)14-20(35)23-32-31-16(2)38-23/h9,11,13H,10,12,14H2,1-8H3. The predicted octanol–water partition coefficient (Wildman–Crippen LogP) is 4.24. The van der Waals surface area contributed by atoms with Gasteiger partial charge in [0.25, 0.3) is 11.4 Å².